The molecule has 0 aliphatic heterocycles. The van der Waals surface area contributed by atoms with Crippen LogP contribution in [0.5, 0.6) is 0 Å². The summed E-state index contributed by atoms with van der Waals surface area (Å²) in [6, 6.07) is 25.7. The highest BCUT2D eigenvalue weighted by atomic mass is 32.1. The zero-order chi connectivity index (χ0) is 23.0. The van der Waals surface area contributed by atoms with E-state index < -0.39 is 6.09 Å². The maximum Gasteiger partial charge on any atom is 0.407 e. The number of ether oxygens (including phenoxy) is 2. The second-order valence-corrected chi connectivity index (χ2v) is 8.40. The van der Waals surface area contributed by atoms with Gasteiger partial charge in [-0.25, -0.2) is 4.79 Å². The third-order valence-corrected chi connectivity index (χ3v) is 6.27. The van der Waals surface area contributed by atoms with Crippen molar-refractivity contribution in [2.24, 2.45) is 0 Å². The standard InChI is InChI=1S/C27H27NO4S/c29-26(31-16-19-8-2-1-3-9-19)15-14-20(18-33)28-27(30)32-17-25-23-12-6-4-10-21(23)22-11-5-7-13-24(22)25/h1-13,20,25,33H,14-18H2,(H,28,30)/t20-/m0/s1. The Balaban J connectivity index is 1.25. The summed E-state index contributed by atoms with van der Waals surface area (Å²) in [5.74, 6) is 0.0985. The number of carbonyl (C=O) groups is 2. The Hall–Kier alpha value is -3.25. The number of fused-ring (bicyclic) bond motifs is 3. The Labute approximate surface area is 199 Å². The average Bonchev–Trinajstić information content (AvgIpc) is 3.18. The van der Waals surface area contributed by atoms with Gasteiger partial charge in [-0.3, -0.25) is 4.79 Å². The van der Waals surface area contributed by atoms with E-state index in [-0.39, 0.29) is 37.6 Å². The molecule has 0 saturated carbocycles. The zero-order valence-corrected chi connectivity index (χ0v) is 19.2. The van der Waals surface area contributed by atoms with Crippen molar-refractivity contribution in [3.63, 3.8) is 0 Å². The van der Waals surface area contributed by atoms with E-state index in [0.29, 0.717) is 12.2 Å². The van der Waals surface area contributed by atoms with Gasteiger partial charge < -0.3 is 14.8 Å². The van der Waals surface area contributed by atoms with Crippen LogP contribution in [0.15, 0.2) is 78.9 Å². The molecule has 1 N–H and O–H groups in total. The summed E-state index contributed by atoms with van der Waals surface area (Å²) < 4.78 is 10.9. The smallest absolute Gasteiger partial charge is 0.407 e. The molecule has 0 aromatic heterocycles. The minimum Gasteiger partial charge on any atom is -0.461 e. The lowest BCUT2D eigenvalue weighted by Crippen LogP contribution is -2.37. The first-order valence-corrected chi connectivity index (χ1v) is 11.7. The lowest BCUT2D eigenvalue weighted by Gasteiger charge is -2.18. The summed E-state index contributed by atoms with van der Waals surface area (Å²) >= 11 is 4.31. The van der Waals surface area contributed by atoms with Crippen LogP contribution in [0.25, 0.3) is 11.1 Å². The molecule has 0 fully saturated rings. The summed E-state index contributed by atoms with van der Waals surface area (Å²) in [7, 11) is 0. The van der Waals surface area contributed by atoms with Crippen molar-refractivity contribution < 1.29 is 19.1 Å². The van der Waals surface area contributed by atoms with E-state index in [1.165, 1.54) is 22.3 Å². The molecule has 0 heterocycles. The number of carbonyl (C=O) groups excluding carboxylic acids is 2. The first kappa shape index (κ1) is 22.9. The molecule has 3 aromatic rings. The van der Waals surface area contributed by atoms with Crippen LogP contribution < -0.4 is 5.32 Å². The quantitative estimate of drug-likeness (QED) is 0.333. The van der Waals surface area contributed by atoms with Crippen molar-refractivity contribution in [3.8, 4) is 11.1 Å². The highest BCUT2D eigenvalue weighted by Gasteiger charge is 2.29. The van der Waals surface area contributed by atoms with Crippen molar-refractivity contribution >= 4 is 24.7 Å². The molecule has 0 radical (unpaired) electrons. The highest BCUT2D eigenvalue weighted by Crippen LogP contribution is 2.44. The van der Waals surface area contributed by atoms with Gasteiger partial charge in [-0.15, -0.1) is 0 Å². The van der Waals surface area contributed by atoms with Crippen LogP contribution in [0, 0.1) is 0 Å². The van der Waals surface area contributed by atoms with Crippen molar-refractivity contribution in [2.45, 2.75) is 31.4 Å². The number of nitrogens with one attached hydrogen (secondary N) is 1. The summed E-state index contributed by atoms with van der Waals surface area (Å²) in [5, 5.41) is 2.82. The molecule has 0 unspecified atom stereocenters. The van der Waals surface area contributed by atoms with E-state index >= 15 is 0 Å². The number of esters is 1. The zero-order valence-electron chi connectivity index (χ0n) is 18.3. The molecule has 3 aromatic carbocycles. The molecule has 33 heavy (non-hydrogen) atoms. The minimum absolute atomic E-state index is 0.00515. The Morgan fingerprint density at radius 2 is 1.45 bits per heavy atom. The van der Waals surface area contributed by atoms with Gasteiger partial charge in [-0.05, 0) is 34.2 Å². The fourth-order valence-electron chi connectivity index (χ4n) is 4.12. The van der Waals surface area contributed by atoms with Gasteiger partial charge in [-0.2, -0.15) is 12.6 Å². The number of amides is 1. The first-order valence-electron chi connectivity index (χ1n) is 11.1. The van der Waals surface area contributed by atoms with Crippen molar-refractivity contribution in [3.05, 3.63) is 95.6 Å². The molecule has 6 heteroatoms. The molecule has 5 nitrogen and oxygen atoms in total. The molecule has 0 bridgehead atoms. The minimum atomic E-state index is -0.506. The number of hydrogen-bond donors (Lipinski definition) is 2. The van der Waals surface area contributed by atoms with Crippen LogP contribution in [-0.4, -0.2) is 30.5 Å². The van der Waals surface area contributed by atoms with Crippen LogP contribution in [0.3, 0.4) is 0 Å². The molecule has 170 valence electrons. The Morgan fingerprint density at radius 3 is 2.09 bits per heavy atom. The van der Waals surface area contributed by atoms with Gasteiger partial charge >= 0.3 is 12.1 Å². The molecule has 1 aliphatic carbocycles. The van der Waals surface area contributed by atoms with Crippen molar-refractivity contribution in [2.75, 3.05) is 12.4 Å². The number of hydrogen-bond acceptors (Lipinski definition) is 5. The second kappa shape index (κ2) is 11.1. The first-order chi connectivity index (χ1) is 16.2. The molecule has 1 atom stereocenters. The molecule has 1 aliphatic rings. The van der Waals surface area contributed by atoms with Gasteiger partial charge in [0.15, 0.2) is 0 Å². The van der Waals surface area contributed by atoms with Crippen molar-refractivity contribution in [1.82, 2.24) is 5.32 Å². The topological polar surface area (TPSA) is 64.6 Å². The van der Waals surface area contributed by atoms with E-state index in [1.807, 2.05) is 54.6 Å². The second-order valence-electron chi connectivity index (χ2n) is 8.03. The Bertz CT molecular complexity index is 1060. The third kappa shape index (κ3) is 5.76. The molecule has 0 spiro atoms. The van der Waals surface area contributed by atoms with Crippen LogP contribution in [-0.2, 0) is 20.9 Å². The van der Waals surface area contributed by atoms with Gasteiger partial charge in [0.05, 0.1) is 0 Å². The van der Waals surface area contributed by atoms with E-state index in [4.69, 9.17) is 9.47 Å². The molecule has 0 saturated heterocycles. The number of rotatable bonds is 9. The van der Waals surface area contributed by atoms with E-state index in [1.54, 1.807) is 0 Å². The van der Waals surface area contributed by atoms with Crippen LogP contribution in [0.2, 0.25) is 0 Å². The SMILES string of the molecule is O=C(CC[C@@H](CS)NC(=O)OCC1c2ccccc2-c2ccccc21)OCc1ccccc1. The van der Waals surface area contributed by atoms with Gasteiger partial charge in [0.1, 0.15) is 13.2 Å². The summed E-state index contributed by atoms with van der Waals surface area (Å²) in [4.78, 5) is 24.5. The number of benzene rings is 3. The predicted molar refractivity (Wildman–Crippen MR) is 131 cm³/mol. The third-order valence-electron chi connectivity index (χ3n) is 5.83. The maximum atomic E-state index is 12.5. The van der Waals surface area contributed by atoms with Crippen LogP contribution >= 0.6 is 12.6 Å². The molecular weight excluding hydrogens is 434 g/mol. The highest BCUT2D eigenvalue weighted by molar-refractivity contribution is 7.80. The van der Waals surface area contributed by atoms with Gasteiger partial charge in [-0.1, -0.05) is 78.9 Å². The number of alkyl carbamates (subject to hydrolysis) is 1. The maximum absolute atomic E-state index is 12.5. The van der Waals surface area contributed by atoms with Crippen LogP contribution in [0.1, 0.15) is 35.4 Å². The summed E-state index contributed by atoms with van der Waals surface area (Å²) in [5.41, 5.74) is 5.64. The Kier molecular flexibility index (Phi) is 7.68. The van der Waals surface area contributed by atoms with E-state index in [2.05, 4.69) is 42.2 Å². The lowest BCUT2D eigenvalue weighted by molar-refractivity contribution is -0.145. The van der Waals surface area contributed by atoms with Crippen molar-refractivity contribution in [1.29, 1.82) is 0 Å². The predicted octanol–water partition coefficient (Wildman–Crippen LogP) is 5.35. The summed E-state index contributed by atoms with van der Waals surface area (Å²) in [6.45, 7) is 0.489. The summed E-state index contributed by atoms with van der Waals surface area (Å²) in [6.07, 6.45) is 0.122. The van der Waals surface area contributed by atoms with E-state index in [9.17, 15) is 9.59 Å². The Morgan fingerprint density at radius 1 is 0.848 bits per heavy atom. The van der Waals surface area contributed by atoms with E-state index in [0.717, 1.165) is 5.56 Å². The molecule has 1 amide bonds. The monoisotopic (exact) mass is 461 g/mol. The largest absolute Gasteiger partial charge is 0.461 e. The lowest BCUT2D eigenvalue weighted by atomic mass is 9.98. The van der Waals surface area contributed by atoms with Gasteiger partial charge in [0.25, 0.3) is 0 Å². The average molecular weight is 462 g/mol. The normalized spacial score (nSPS) is 13.0. The van der Waals surface area contributed by atoms with Gasteiger partial charge in [0, 0.05) is 24.1 Å². The fraction of sp³-hybridized carbons (Fsp3) is 0.259. The van der Waals surface area contributed by atoms with Gasteiger partial charge in [0.2, 0.25) is 0 Å². The number of thiol groups is 1. The fourth-order valence-corrected chi connectivity index (χ4v) is 4.39. The molecular formula is C27H27NO4S. The van der Waals surface area contributed by atoms with Crippen LogP contribution in [0.4, 0.5) is 4.79 Å². The molecule has 4 rings (SSSR count).